The summed E-state index contributed by atoms with van der Waals surface area (Å²) >= 11 is 1.89. The van der Waals surface area contributed by atoms with E-state index >= 15 is 0 Å². The van der Waals surface area contributed by atoms with E-state index in [2.05, 4.69) is 54.7 Å². The second kappa shape index (κ2) is 5.88. The van der Waals surface area contributed by atoms with E-state index in [1.54, 1.807) is 0 Å². The maximum Gasteiger partial charge on any atom is 0.0952 e. The summed E-state index contributed by atoms with van der Waals surface area (Å²) in [5.74, 6) is 0. The Morgan fingerprint density at radius 1 is 1.26 bits per heavy atom. The van der Waals surface area contributed by atoms with Crippen LogP contribution in [0.2, 0.25) is 0 Å². The average molecular weight is 277 g/mol. The second-order valence-corrected chi connectivity index (χ2v) is 7.09. The van der Waals surface area contributed by atoms with Crippen molar-refractivity contribution >= 4 is 11.3 Å². The molecule has 0 amide bonds. The molecule has 3 nitrogen and oxygen atoms in total. The van der Waals surface area contributed by atoms with Crippen LogP contribution in [0.4, 0.5) is 0 Å². The van der Waals surface area contributed by atoms with E-state index in [-0.39, 0.29) is 5.54 Å². The molecule has 4 heteroatoms. The summed E-state index contributed by atoms with van der Waals surface area (Å²) < 4.78 is 2.23. The van der Waals surface area contributed by atoms with Crippen LogP contribution in [-0.4, -0.2) is 15.1 Å². The number of rotatable bonds is 5. The van der Waals surface area contributed by atoms with Crippen molar-refractivity contribution in [2.45, 2.75) is 52.7 Å². The lowest BCUT2D eigenvalue weighted by Gasteiger charge is -2.20. The molecule has 0 saturated carbocycles. The molecule has 2 heterocycles. The first-order chi connectivity index (χ1) is 8.98. The van der Waals surface area contributed by atoms with Gasteiger partial charge in [0.2, 0.25) is 0 Å². The number of imidazole rings is 1. The first-order valence-corrected chi connectivity index (χ1v) is 7.61. The summed E-state index contributed by atoms with van der Waals surface area (Å²) in [6.07, 6.45) is 4.99. The van der Waals surface area contributed by atoms with E-state index < -0.39 is 0 Å². The van der Waals surface area contributed by atoms with Crippen LogP contribution < -0.4 is 5.32 Å². The highest BCUT2D eigenvalue weighted by molar-refractivity contribution is 7.11. The molecule has 0 atom stereocenters. The minimum Gasteiger partial charge on any atom is -0.328 e. The fourth-order valence-electron chi connectivity index (χ4n) is 1.86. The summed E-state index contributed by atoms with van der Waals surface area (Å²) in [6, 6.07) is 4.45. The maximum absolute atomic E-state index is 4.27. The van der Waals surface area contributed by atoms with Crippen LogP contribution in [0.1, 0.15) is 43.1 Å². The molecular weight excluding hydrogens is 254 g/mol. The lowest BCUT2D eigenvalue weighted by molar-refractivity contribution is 0.417. The lowest BCUT2D eigenvalue weighted by atomic mass is 10.1. The highest BCUT2D eigenvalue weighted by atomic mass is 32.1. The molecule has 2 aromatic rings. The lowest BCUT2D eigenvalue weighted by Crippen LogP contribution is -2.35. The zero-order valence-corrected chi connectivity index (χ0v) is 13.0. The van der Waals surface area contributed by atoms with Gasteiger partial charge in [-0.05, 0) is 39.3 Å². The molecule has 0 radical (unpaired) electrons. The van der Waals surface area contributed by atoms with E-state index in [4.69, 9.17) is 0 Å². The summed E-state index contributed by atoms with van der Waals surface area (Å²) in [7, 11) is 0. The van der Waals surface area contributed by atoms with Gasteiger partial charge in [-0.2, -0.15) is 0 Å². The predicted octanol–water partition coefficient (Wildman–Crippen LogP) is 3.44. The zero-order chi connectivity index (χ0) is 13.9. The Balaban J connectivity index is 2.03. The van der Waals surface area contributed by atoms with Crippen molar-refractivity contribution in [1.82, 2.24) is 14.9 Å². The van der Waals surface area contributed by atoms with Gasteiger partial charge in [-0.1, -0.05) is 6.92 Å². The molecular formula is C15H23N3S. The summed E-state index contributed by atoms with van der Waals surface area (Å²) in [6.45, 7) is 10.5. The van der Waals surface area contributed by atoms with Crippen molar-refractivity contribution in [2.75, 3.05) is 0 Å². The highest BCUT2D eigenvalue weighted by Gasteiger charge is 2.11. The van der Waals surface area contributed by atoms with Crippen molar-refractivity contribution in [2.24, 2.45) is 0 Å². The Morgan fingerprint density at radius 2 is 2.00 bits per heavy atom. The monoisotopic (exact) mass is 277 g/mol. The number of aromatic nitrogens is 2. The average Bonchev–Trinajstić information content (AvgIpc) is 2.95. The van der Waals surface area contributed by atoms with Crippen LogP contribution in [0.5, 0.6) is 0 Å². The van der Waals surface area contributed by atoms with E-state index in [0.717, 1.165) is 19.5 Å². The van der Waals surface area contributed by atoms with Crippen LogP contribution >= 0.6 is 11.3 Å². The van der Waals surface area contributed by atoms with Gasteiger partial charge in [0.1, 0.15) is 0 Å². The van der Waals surface area contributed by atoms with Crippen LogP contribution in [-0.2, 0) is 19.5 Å². The van der Waals surface area contributed by atoms with Gasteiger partial charge in [-0.3, -0.25) is 0 Å². The summed E-state index contributed by atoms with van der Waals surface area (Å²) in [4.78, 5) is 7.12. The molecule has 2 aromatic heterocycles. The molecule has 19 heavy (non-hydrogen) atoms. The summed E-state index contributed by atoms with van der Waals surface area (Å²) in [5, 5.41) is 3.51. The molecule has 0 saturated heterocycles. The van der Waals surface area contributed by atoms with Crippen molar-refractivity contribution in [3.05, 3.63) is 40.1 Å². The van der Waals surface area contributed by atoms with Gasteiger partial charge >= 0.3 is 0 Å². The highest BCUT2D eigenvalue weighted by Crippen LogP contribution is 2.18. The van der Waals surface area contributed by atoms with Crippen molar-refractivity contribution in [1.29, 1.82) is 0 Å². The fraction of sp³-hybridized carbons (Fsp3) is 0.533. The minimum atomic E-state index is 0.132. The normalized spacial score (nSPS) is 12.0. The van der Waals surface area contributed by atoms with Crippen LogP contribution in [0, 0.1) is 0 Å². The topological polar surface area (TPSA) is 29.9 Å². The van der Waals surface area contributed by atoms with Gasteiger partial charge in [0.15, 0.2) is 0 Å². The van der Waals surface area contributed by atoms with Crippen molar-refractivity contribution in [3.63, 3.8) is 0 Å². The number of nitrogens with one attached hydrogen (secondary N) is 1. The largest absolute Gasteiger partial charge is 0.328 e. The Bertz CT molecular complexity index is 519. The molecule has 0 aliphatic rings. The Labute approximate surface area is 119 Å². The second-order valence-electron chi connectivity index (χ2n) is 5.84. The predicted molar refractivity (Wildman–Crippen MR) is 81.6 cm³/mol. The molecule has 0 spiro atoms. The number of nitrogens with zero attached hydrogens (tertiary/aromatic N) is 2. The molecule has 0 unspecified atom stereocenters. The third-order valence-electron chi connectivity index (χ3n) is 2.99. The quantitative estimate of drug-likeness (QED) is 0.907. The zero-order valence-electron chi connectivity index (χ0n) is 12.2. The van der Waals surface area contributed by atoms with Crippen molar-refractivity contribution in [3.8, 4) is 0 Å². The van der Waals surface area contributed by atoms with Crippen molar-refractivity contribution < 1.29 is 0 Å². The SMILES string of the molecule is CCc1ccc(Cn2cncc2CNC(C)(C)C)s1. The van der Waals surface area contributed by atoms with Gasteiger partial charge in [0.05, 0.1) is 18.6 Å². The number of thiophene rings is 1. The Hall–Kier alpha value is -1.13. The smallest absolute Gasteiger partial charge is 0.0952 e. The molecule has 104 valence electrons. The van der Waals surface area contributed by atoms with Crippen LogP contribution in [0.3, 0.4) is 0 Å². The van der Waals surface area contributed by atoms with Gasteiger partial charge in [0, 0.05) is 28.0 Å². The third kappa shape index (κ3) is 4.18. The molecule has 0 aliphatic carbocycles. The third-order valence-corrected chi connectivity index (χ3v) is 4.20. The minimum absolute atomic E-state index is 0.132. The molecule has 1 N–H and O–H groups in total. The van der Waals surface area contributed by atoms with Gasteiger partial charge in [0.25, 0.3) is 0 Å². The van der Waals surface area contributed by atoms with E-state index in [1.807, 2.05) is 23.9 Å². The first kappa shape index (κ1) is 14.3. The van der Waals surface area contributed by atoms with E-state index in [9.17, 15) is 0 Å². The number of aryl methyl sites for hydroxylation is 1. The number of hydrogen-bond acceptors (Lipinski definition) is 3. The number of hydrogen-bond donors (Lipinski definition) is 1. The van der Waals surface area contributed by atoms with E-state index in [1.165, 1.54) is 15.4 Å². The molecule has 0 fully saturated rings. The van der Waals surface area contributed by atoms with Gasteiger partial charge < -0.3 is 9.88 Å². The van der Waals surface area contributed by atoms with Gasteiger partial charge in [-0.25, -0.2) is 4.98 Å². The standard InChI is InChI=1S/C15H23N3S/c1-5-13-6-7-14(19-13)10-18-11-16-8-12(18)9-17-15(2,3)4/h6-8,11,17H,5,9-10H2,1-4H3. The molecule has 0 aromatic carbocycles. The fourth-order valence-corrected chi connectivity index (χ4v) is 2.82. The van der Waals surface area contributed by atoms with Crippen LogP contribution in [0.25, 0.3) is 0 Å². The molecule has 0 bridgehead atoms. The summed E-state index contributed by atoms with van der Waals surface area (Å²) in [5.41, 5.74) is 1.37. The Kier molecular flexibility index (Phi) is 4.42. The Morgan fingerprint density at radius 3 is 2.63 bits per heavy atom. The van der Waals surface area contributed by atoms with Gasteiger partial charge in [-0.15, -0.1) is 11.3 Å². The molecule has 2 rings (SSSR count). The maximum atomic E-state index is 4.27. The first-order valence-electron chi connectivity index (χ1n) is 6.79. The van der Waals surface area contributed by atoms with E-state index in [0.29, 0.717) is 0 Å². The van der Waals surface area contributed by atoms with Crippen LogP contribution in [0.15, 0.2) is 24.7 Å². The molecule has 0 aliphatic heterocycles.